The van der Waals surface area contributed by atoms with E-state index in [1.165, 1.54) is 5.56 Å². The van der Waals surface area contributed by atoms with Gasteiger partial charge in [0.15, 0.2) is 9.84 Å². The van der Waals surface area contributed by atoms with Crippen LogP contribution in [0.25, 0.3) is 0 Å². The van der Waals surface area contributed by atoms with E-state index in [-0.39, 0.29) is 5.75 Å². The largest absolute Gasteiger partial charge is 0.314 e. The highest BCUT2D eigenvalue weighted by Gasteiger charge is 2.12. The minimum atomic E-state index is -3.09. The molecule has 0 bridgehead atoms. The summed E-state index contributed by atoms with van der Waals surface area (Å²) >= 11 is 0. The van der Waals surface area contributed by atoms with Gasteiger partial charge in [-0.25, -0.2) is 8.42 Å². The molecule has 1 unspecified atom stereocenters. The zero-order valence-corrected chi connectivity index (χ0v) is 13.0. The third kappa shape index (κ3) is 5.33. The topological polar surface area (TPSA) is 46.2 Å². The number of hydrogen-bond acceptors (Lipinski definition) is 3. The molecule has 4 heteroatoms. The molecule has 1 aromatic rings. The van der Waals surface area contributed by atoms with Gasteiger partial charge in [-0.05, 0) is 50.4 Å². The Hall–Kier alpha value is -0.870. The average molecular weight is 283 g/mol. The van der Waals surface area contributed by atoms with E-state index in [1.54, 1.807) is 12.1 Å². The van der Waals surface area contributed by atoms with E-state index in [0.29, 0.717) is 17.4 Å². The number of rotatable bonds is 8. The van der Waals surface area contributed by atoms with Crippen LogP contribution in [-0.2, 0) is 16.3 Å². The van der Waals surface area contributed by atoms with Crippen LogP contribution in [0.1, 0.15) is 39.2 Å². The molecule has 0 saturated carbocycles. The van der Waals surface area contributed by atoms with E-state index in [4.69, 9.17) is 0 Å². The lowest BCUT2D eigenvalue weighted by Gasteiger charge is -2.13. The molecule has 0 radical (unpaired) electrons. The number of sulfone groups is 1. The van der Waals surface area contributed by atoms with Gasteiger partial charge >= 0.3 is 0 Å². The van der Waals surface area contributed by atoms with Crippen molar-refractivity contribution in [3.63, 3.8) is 0 Å². The predicted octanol–water partition coefficient (Wildman–Crippen LogP) is 2.80. The molecule has 0 amide bonds. The highest BCUT2D eigenvalue weighted by molar-refractivity contribution is 7.91. The van der Waals surface area contributed by atoms with Gasteiger partial charge in [0.05, 0.1) is 10.6 Å². The molecule has 0 aliphatic carbocycles. The molecule has 0 aliphatic heterocycles. The quantitative estimate of drug-likeness (QED) is 0.798. The van der Waals surface area contributed by atoms with Gasteiger partial charge in [0, 0.05) is 6.04 Å². The molecule has 0 aromatic heterocycles. The molecule has 0 spiro atoms. The maximum Gasteiger partial charge on any atom is 0.178 e. The second-order valence-electron chi connectivity index (χ2n) is 5.02. The predicted molar refractivity (Wildman–Crippen MR) is 80.2 cm³/mol. The van der Waals surface area contributed by atoms with Gasteiger partial charge in [-0.1, -0.05) is 26.0 Å². The van der Waals surface area contributed by atoms with Crippen molar-refractivity contribution in [3.05, 3.63) is 29.8 Å². The first-order valence-corrected chi connectivity index (χ1v) is 8.70. The summed E-state index contributed by atoms with van der Waals surface area (Å²) in [6, 6.07) is 7.72. The molecule has 1 atom stereocenters. The molecule has 108 valence electrons. The molecular formula is C15H25NO2S. The highest BCUT2D eigenvalue weighted by atomic mass is 32.2. The maximum absolute atomic E-state index is 11.9. The Balaban J connectivity index is 2.66. The van der Waals surface area contributed by atoms with Crippen LogP contribution in [0.5, 0.6) is 0 Å². The number of nitrogens with one attached hydrogen (secondary N) is 1. The van der Waals surface area contributed by atoms with Crippen molar-refractivity contribution in [2.45, 2.75) is 51.0 Å². The maximum atomic E-state index is 11.9. The lowest BCUT2D eigenvalue weighted by atomic mass is 10.1. The molecule has 1 N–H and O–H groups in total. The van der Waals surface area contributed by atoms with Gasteiger partial charge in [-0.2, -0.15) is 0 Å². The summed E-state index contributed by atoms with van der Waals surface area (Å²) in [5.74, 6) is 0.223. The highest BCUT2D eigenvalue weighted by Crippen LogP contribution is 2.14. The van der Waals surface area contributed by atoms with Gasteiger partial charge in [-0.15, -0.1) is 0 Å². The van der Waals surface area contributed by atoms with E-state index in [9.17, 15) is 8.42 Å². The molecule has 0 aliphatic rings. The fourth-order valence-corrected chi connectivity index (χ4v) is 3.36. The minimum absolute atomic E-state index is 0.223. The minimum Gasteiger partial charge on any atom is -0.314 e. The van der Waals surface area contributed by atoms with Crippen LogP contribution in [0.2, 0.25) is 0 Å². The first-order chi connectivity index (χ1) is 8.99. The Morgan fingerprint density at radius 1 is 1.11 bits per heavy atom. The van der Waals surface area contributed by atoms with Crippen molar-refractivity contribution in [1.29, 1.82) is 0 Å². The Morgan fingerprint density at radius 3 is 2.26 bits per heavy atom. The Kier molecular flexibility index (Phi) is 6.52. The van der Waals surface area contributed by atoms with Crippen molar-refractivity contribution in [2.75, 3.05) is 12.3 Å². The van der Waals surface area contributed by atoms with Gasteiger partial charge in [0.2, 0.25) is 0 Å². The fraction of sp³-hybridized carbons (Fsp3) is 0.600. The zero-order chi connectivity index (χ0) is 14.3. The summed E-state index contributed by atoms with van der Waals surface area (Å²) in [6.07, 6.45) is 2.70. The van der Waals surface area contributed by atoms with Crippen molar-refractivity contribution in [1.82, 2.24) is 5.32 Å². The van der Waals surface area contributed by atoms with E-state index in [1.807, 2.05) is 19.1 Å². The molecule has 19 heavy (non-hydrogen) atoms. The van der Waals surface area contributed by atoms with E-state index in [2.05, 4.69) is 19.2 Å². The first kappa shape index (κ1) is 16.2. The third-order valence-electron chi connectivity index (χ3n) is 3.04. The van der Waals surface area contributed by atoms with Crippen LogP contribution in [0.3, 0.4) is 0 Å². The average Bonchev–Trinajstić information content (AvgIpc) is 2.37. The molecular weight excluding hydrogens is 258 g/mol. The van der Waals surface area contributed by atoms with Crippen LogP contribution in [0.15, 0.2) is 29.2 Å². The smallest absolute Gasteiger partial charge is 0.178 e. The van der Waals surface area contributed by atoms with Gasteiger partial charge < -0.3 is 5.32 Å². The summed E-state index contributed by atoms with van der Waals surface area (Å²) in [5, 5.41) is 3.43. The molecule has 0 saturated heterocycles. The second-order valence-corrected chi connectivity index (χ2v) is 7.13. The van der Waals surface area contributed by atoms with Crippen LogP contribution in [0.4, 0.5) is 0 Å². The van der Waals surface area contributed by atoms with Gasteiger partial charge in [0.1, 0.15) is 0 Å². The summed E-state index contributed by atoms with van der Waals surface area (Å²) in [4.78, 5) is 0.437. The molecule has 1 rings (SSSR count). The van der Waals surface area contributed by atoms with Crippen LogP contribution >= 0.6 is 0 Å². The molecule has 0 heterocycles. The van der Waals surface area contributed by atoms with Crippen LogP contribution < -0.4 is 5.32 Å². The Bertz CT molecular complexity index is 465. The van der Waals surface area contributed by atoms with Crippen molar-refractivity contribution in [3.8, 4) is 0 Å². The number of hydrogen-bond donors (Lipinski definition) is 1. The van der Waals surface area contributed by atoms with Gasteiger partial charge in [0.25, 0.3) is 0 Å². The SMILES string of the molecule is CCCNC(C)Cc1ccc(S(=O)(=O)CCC)cc1. The first-order valence-electron chi connectivity index (χ1n) is 7.04. The normalized spacial score (nSPS) is 13.4. The zero-order valence-electron chi connectivity index (χ0n) is 12.1. The monoisotopic (exact) mass is 283 g/mol. The second kappa shape index (κ2) is 7.65. The summed E-state index contributed by atoms with van der Waals surface area (Å²) < 4.78 is 23.8. The lowest BCUT2D eigenvalue weighted by Crippen LogP contribution is -2.28. The fourth-order valence-electron chi connectivity index (χ4n) is 2.04. The van der Waals surface area contributed by atoms with Crippen molar-refractivity contribution < 1.29 is 8.42 Å². The standard InChI is InChI=1S/C15H25NO2S/c1-4-10-16-13(3)12-14-6-8-15(9-7-14)19(17,18)11-5-2/h6-9,13,16H,4-5,10-12H2,1-3H3. The van der Waals surface area contributed by atoms with Crippen LogP contribution in [-0.4, -0.2) is 26.8 Å². The summed E-state index contributed by atoms with van der Waals surface area (Å²) in [6.45, 7) is 7.20. The van der Waals surface area contributed by atoms with E-state index in [0.717, 1.165) is 19.4 Å². The third-order valence-corrected chi connectivity index (χ3v) is 4.98. The van der Waals surface area contributed by atoms with Crippen molar-refractivity contribution in [2.24, 2.45) is 0 Å². The molecule has 1 aromatic carbocycles. The summed E-state index contributed by atoms with van der Waals surface area (Å²) in [5.41, 5.74) is 1.17. The summed E-state index contributed by atoms with van der Waals surface area (Å²) in [7, 11) is -3.09. The van der Waals surface area contributed by atoms with Crippen LogP contribution in [0, 0.1) is 0 Å². The van der Waals surface area contributed by atoms with Crippen molar-refractivity contribution >= 4 is 9.84 Å². The number of benzene rings is 1. The Labute approximate surface area is 117 Å². The lowest BCUT2D eigenvalue weighted by molar-refractivity contribution is 0.543. The van der Waals surface area contributed by atoms with E-state index < -0.39 is 9.84 Å². The molecule has 0 fully saturated rings. The van der Waals surface area contributed by atoms with E-state index >= 15 is 0 Å². The van der Waals surface area contributed by atoms with Gasteiger partial charge in [-0.3, -0.25) is 0 Å². The Morgan fingerprint density at radius 2 is 1.74 bits per heavy atom. The molecule has 3 nitrogen and oxygen atoms in total.